The molecule has 2 aliphatic heterocycles. The fraction of sp³-hybridized carbons (Fsp3) is 0.846. The van der Waals surface area contributed by atoms with Gasteiger partial charge in [-0.2, -0.15) is 0 Å². The van der Waals surface area contributed by atoms with Crippen molar-refractivity contribution in [3.63, 3.8) is 0 Å². The molecule has 0 saturated carbocycles. The average molecular weight is 269 g/mol. The smallest absolute Gasteiger partial charge is 0.320 e. The van der Waals surface area contributed by atoms with E-state index in [9.17, 15) is 9.59 Å². The molecule has 2 atom stereocenters. The van der Waals surface area contributed by atoms with Gasteiger partial charge in [-0.15, -0.1) is 0 Å². The predicted octanol–water partition coefficient (Wildman–Crippen LogP) is 0.396. The fourth-order valence-electron chi connectivity index (χ4n) is 2.90. The van der Waals surface area contributed by atoms with Crippen LogP contribution in [-0.4, -0.2) is 77.6 Å². The molecule has 0 bridgehead atoms. The topological polar surface area (TPSA) is 64.1 Å². The Morgan fingerprint density at radius 3 is 2.21 bits per heavy atom. The fourth-order valence-corrected chi connectivity index (χ4v) is 2.90. The second kappa shape index (κ2) is 5.77. The zero-order chi connectivity index (χ0) is 14.0. The zero-order valence-electron chi connectivity index (χ0n) is 11.7. The number of carboxylic acids is 1. The number of urea groups is 1. The van der Waals surface area contributed by atoms with E-state index in [1.807, 2.05) is 11.8 Å². The van der Waals surface area contributed by atoms with Crippen molar-refractivity contribution in [3.05, 3.63) is 0 Å². The molecule has 2 rings (SSSR count). The van der Waals surface area contributed by atoms with Crippen LogP contribution in [0.15, 0.2) is 0 Å². The van der Waals surface area contributed by atoms with Crippen LogP contribution in [0, 0.1) is 11.8 Å². The number of piperazine rings is 1. The van der Waals surface area contributed by atoms with Crippen LogP contribution in [0.25, 0.3) is 0 Å². The maximum Gasteiger partial charge on any atom is 0.320 e. The summed E-state index contributed by atoms with van der Waals surface area (Å²) >= 11 is 0. The maximum atomic E-state index is 12.3. The van der Waals surface area contributed by atoms with Crippen molar-refractivity contribution in [2.75, 3.05) is 45.8 Å². The minimum atomic E-state index is -0.793. The van der Waals surface area contributed by atoms with Crippen LogP contribution in [0.1, 0.15) is 13.8 Å². The summed E-state index contributed by atoms with van der Waals surface area (Å²) in [6, 6.07) is 0.00588. The molecule has 108 valence electrons. The quantitative estimate of drug-likeness (QED) is 0.788. The van der Waals surface area contributed by atoms with Crippen molar-refractivity contribution in [3.8, 4) is 0 Å². The Kier molecular flexibility index (Phi) is 4.29. The highest BCUT2D eigenvalue weighted by Gasteiger charge is 2.38. The monoisotopic (exact) mass is 269 g/mol. The van der Waals surface area contributed by atoms with E-state index in [2.05, 4.69) is 11.8 Å². The highest BCUT2D eigenvalue weighted by molar-refractivity contribution is 5.77. The Morgan fingerprint density at radius 2 is 1.74 bits per heavy atom. The van der Waals surface area contributed by atoms with Crippen molar-refractivity contribution in [1.82, 2.24) is 14.7 Å². The van der Waals surface area contributed by atoms with Gasteiger partial charge in [-0.05, 0) is 12.5 Å². The molecule has 0 aromatic heterocycles. The molecule has 0 spiro atoms. The van der Waals surface area contributed by atoms with E-state index in [1.54, 1.807) is 4.90 Å². The van der Waals surface area contributed by atoms with Crippen LogP contribution >= 0.6 is 0 Å². The average Bonchev–Trinajstić information content (AvgIpc) is 2.80. The minimum Gasteiger partial charge on any atom is -0.481 e. The van der Waals surface area contributed by atoms with Gasteiger partial charge in [0.15, 0.2) is 0 Å². The van der Waals surface area contributed by atoms with Crippen LogP contribution in [0.3, 0.4) is 0 Å². The number of rotatable bonds is 2. The number of hydrogen-bond donors (Lipinski definition) is 1. The van der Waals surface area contributed by atoms with Crippen LogP contribution in [0.5, 0.6) is 0 Å². The molecular formula is C13H23N3O3. The first kappa shape index (κ1) is 14.1. The van der Waals surface area contributed by atoms with Crippen LogP contribution in [0.2, 0.25) is 0 Å². The Hall–Kier alpha value is -1.30. The van der Waals surface area contributed by atoms with Crippen molar-refractivity contribution in [2.24, 2.45) is 11.8 Å². The summed E-state index contributed by atoms with van der Waals surface area (Å²) in [6.07, 6.45) is 0. The SMILES string of the molecule is CCN1CCN(C(=O)N2C[C@@H](C)[C@H](C(=O)O)C2)CC1. The van der Waals surface area contributed by atoms with Gasteiger partial charge in [0.1, 0.15) is 0 Å². The van der Waals surface area contributed by atoms with Crippen molar-refractivity contribution in [2.45, 2.75) is 13.8 Å². The number of amides is 2. The summed E-state index contributed by atoms with van der Waals surface area (Å²) in [6.45, 7) is 9.27. The third-order valence-corrected chi connectivity index (χ3v) is 4.29. The van der Waals surface area contributed by atoms with Gasteiger partial charge in [0.05, 0.1) is 5.92 Å². The molecule has 6 heteroatoms. The first-order chi connectivity index (χ1) is 9.02. The summed E-state index contributed by atoms with van der Waals surface area (Å²) in [5, 5.41) is 9.10. The molecule has 1 N–H and O–H groups in total. The van der Waals surface area contributed by atoms with Gasteiger partial charge < -0.3 is 19.8 Å². The summed E-state index contributed by atoms with van der Waals surface area (Å²) in [5.74, 6) is -1.17. The second-order valence-electron chi connectivity index (χ2n) is 5.53. The Bertz CT molecular complexity index is 353. The lowest BCUT2D eigenvalue weighted by atomic mass is 9.99. The minimum absolute atomic E-state index is 0.00588. The summed E-state index contributed by atoms with van der Waals surface area (Å²) in [7, 11) is 0. The lowest BCUT2D eigenvalue weighted by Crippen LogP contribution is -2.52. The lowest BCUT2D eigenvalue weighted by molar-refractivity contribution is -0.142. The summed E-state index contributed by atoms with van der Waals surface area (Å²) < 4.78 is 0. The molecule has 2 fully saturated rings. The van der Waals surface area contributed by atoms with E-state index < -0.39 is 11.9 Å². The number of carboxylic acid groups (broad SMARTS) is 1. The molecule has 0 aromatic rings. The molecule has 6 nitrogen and oxygen atoms in total. The van der Waals surface area contributed by atoms with E-state index in [1.165, 1.54) is 0 Å². The van der Waals surface area contributed by atoms with Crippen LogP contribution < -0.4 is 0 Å². The normalized spacial score (nSPS) is 28.7. The van der Waals surface area contributed by atoms with Gasteiger partial charge in [0, 0.05) is 39.3 Å². The Balaban J connectivity index is 1.89. The van der Waals surface area contributed by atoms with Crippen molar-refractivity contribution < 1.29 is 14.7 Å². The third-order valence-electron chi connectivity index (χ3n) is 4.29. The highest BCUT2D eigenvalue weighted by Crippen LogP contribution is 2.24. The third kappa shape index (κ3) is 3.00. The molecular weight excluding hydrogens is 246 g/mol. The van der Waals surface area contributed by atoms with Crippen molar-refractivity contribution >= 4 is 12.0 Å². The van der Waals surface area contributed by atoms with Crippen LogP contribution in [-0.2, 0) is 4.79 Å². The first-order valence-electron chi connectivity index (χ1n) is 7.02. The number of likely N-dealkylation sites (N-methyl/N-ethyl adjacent to an activating group) is 1. The number of carbonyl (C=O) groups excluding carboxylic acids is 1. The van der Waals surface area contributed by atoms with E-state index in [4.69, 9.17) is 5.11 Å². The summed E-state index contributed by atoms with van der Waals surface area (Å²) in [4.78, 5) is 29.3. The van der Waals surface area contributed by atoms with Crippen LogP contribution in [0.4, 0.5) is 4.79 Å². The Labute approximate surface area is 114 Å². The maximum absolute atomic E-state index is 12.3. The number of hydrogen-bond acceptors (Lipinski definition) is 3. The molecule has 2 heterocycles. The molecule has 19 heavy (non-hydrogen) atoms. The number of aliphatic carboxylic acids is 1. The summed E-state index contributed by atoms with van der Waals surface area (Å²) in [5.41, 5.74) is 0. The molecule has 0 unspecified atom stereocenters. The van der Waals surface area contributed by atoms with Gasteiger partial charge in [-0.25, -0.2) is 4.79 Å². The number of carbonyl (C=O) groups is 2. The lowest BCUT2D eigenvalue weighted by Gasteiger charge is -2.36. The largest absolute Gasteiger partial charge is 0.481 e. The number of nitrogens with zero attached hydrogens (tertiary/aromatic N) is 3. The van der Waals surface area contributed by atoms with Gasteiger partial charge in [0.25, 0.3) is 0 Å². The molecule has 0 radical (unpaired) electrons. The molecule has 2 saturated heterocycles. The van der Waals surface area contributed by atoms with Gasteiger partial charge in [-0.1, -0.05) is 13.8 Å². The molecule has 2 amide bonds. The highest BCUT2D eigenvalue weighted by atomic mass is 16.4. The first-order valence-corrected chi connectivity index (χ1v) is 7.02. The predicted molar refractivity (Wildman–Crippen MR) is 70.9 cm³/mol. The van der Waals surface area contributed by atoms with Crippen molar-refractivity contribution in [1.29, 1.82) is 0 Å². The standard InChI is InChI=1S/C13H23N3O3/c1-3-14-4-6-15(7-5-14)13(19)16-8-10(2)11(9-16)12(17)18/h10-11H,3-9H2,1-2H3,(H,17,18)/t10-,11-/m1/s1. The van der Waals surface area contributed by atoms with E-state index in [0.29, 0.717) is 13.1 Å². The molecule has 2 aliphatic rings. The van der Waals surface area contributed by atoms with E-state index >= 15 is 0 Å². The molecule has 0 aromatic carbocycles. The molecule has 0 aliphatic carbocycles. The van der Waals surface area contributed by atoms with Gasteiger partial charge >= 0.3 is 12.0 Å². The zero-order valence-corrected chi connectivity index (χ0v) is 11.7. The second-order valence-corrected chi connectivity index (χ2v) is 5.53. The Morgan fingerprint density at radius 1 is 1.11 bits per heavy atom. The number of likely N-dealkylation sites (tertiary alicyclic amines) is 1. The van der Waals surface area contributed by atoms with Gasteiger partial charge in [0.2, 0.25) is 0 Å². The van der Waals surface area contributed by atoms with E-state index in [0.717, 1.165) is 32.7 Å². The van der Waals surface area contributed by atoms with E-state index in [-0.39, 0.29) is 11.9 Å². The van der Waals surface area contributed by atoms with Gasteiger partial charge in [-0.3, -0.25) is 4.79 Å².